The Hall–Kier alpha value is -2.04. The van der Waals surface area contributed by atoms with Gasteiger partial charge in [0.25, 0.3) is 0 Å². The fourth-order valence-corrected chi connectivity index (χ4v) is 1.83. The van der Waals surface area contributed by atoms with Gasteiger partial charge >= 0.3 is 0 Å². The third-order valence-electron chi connectivity index (χ3n) is 2.59. The second-order valence-corrected chi connectivity index (χ2v) is 4.73. The number of halogens is 1. The maximum Gasteiger partial charge on any atom is 0.250 e. The predicted octanol–water partition coefficient (Wildman–Crippen LogP) is 3.08. The number of anilines is 2. The van der Waals surface area contributed by atoms with E-state index in [9.17, 15) is 4.79 Å². The Morgan fingerprint density at radius 2 is 1.95 bits per heavy atom. The second kappa shape index (κ2) is 6.93. The summed E-state index contributed by atoms with van der Waals surface area (Å²) >= 11 is 5.83. The van der Waals surface area contributed by atoms with E-state index in [2.05, 4.69) is 5.32 Å². The van der Waals surface area contributed by atoms with E-state index in [1.54, 1.807) is 36.4 Å². The number of nitrogens with one attached hydrogen (secondary N) is 1. The Balaban J connectivity index is 1.76. The highest BCUT2D eigenvalue weighted by molar-refractivity contribution is 6.30. The molecule has 4 nitrogen and oxygen atoms in total. The molecule has 1 amide bonds. The summed E-state index contributed by atoms with van der Waals surface area (Å²) in [5.74, 6) is -0.220. The zero-order valence-corrected chi connectivity index (χ0v) is 11.6. The van der Waals surface area contributed by atoms with Crippen LogP contribution in [0.4, 0.5) is 11.4 Å². The van der Waals surface area contributed by atoms with E-state index in [1.165, 1.54) is 0 Å². The fourth-order valence-electron chi connectivity index (χ4n) is 1.64. The van der Waals surface area contributed by atoms with Gasteiger partial charge in [0.05, 0.1) is 6.61 Å². The molecule has 2 aromatic carbocycles. The number of benzene rings is 2. The van der Waals surface area contributed by atoms with Gasteiger partial charge in [-0.15, -0.1) is 0 Å². The molecular formula is C15H15ClN2O2. The highest BCUT2D eigenvalue weighted by Gasteiger charge is 2.03. The van der Waals surface area contributed by atoms with Crippen molar-refractivity contribution in [3.8, 4) is 0 Å². The molecule has 0 saturated heterocycles. The highest BCUT2D eigenvalue weighted by atomic mass is 35.5. The van der Waals surface area contributed by atoms with Gasteiger partial charge in [-0.3, -0.25) is 4.79 Å². The van der Waals surface area contributed by atoms with E-state index in [0.717, 1.165) is 5.56 Å². The molecule has 0 radical (unpaired) electrons. The number of ether oxygens (including phenoxy) is 1. The fraction of sp³-hybridized carbons (Fsp3) is 0.133. The minimum Gasteiger partial charge on any atom is -0.399 e. The Bertz CT molecular complexity index is 585. The first-order valence-corrected chi connectivity index (χ1v) is 6.49. The zero-order chi connectivity index (χ0) is 14.4. The lowest BCUT2D eigenvalue weighted by molar-refractivity contribution is -0.121. The Morgan fingerprint density at radius 3 is 2.65 bits per heavy atom. The van der Waals surface area contributed by atoms with Crippen molar-refractivity contribution in [1.29, 1.82) is 0 Å². The molecular weight excluding hydrogens is 276 g/mol. The summed E-state index contributed by atoms with van der Waals surface area (Å²) < 4.78 is 5.34. The molecule has 3 N–H and O–H groups in total. The second-order valence-electron chi connectivity index (χ2n) is 4.29. The van der Waals surface area contributed by atoms with Crippen LogP contribution in [0.25, 0.3) is 0 Å². The van der Waals surface area contributed by atoms with Crippen molar-refractivity contribution < 1.29 is 9.53 Å². The van der Waals surface area contributed by atoms with Crippen molar-refractivity contribution in [1.82, 2.24) is 0 Å². The van der Waals surface area contributed by atoms with Gasteiger partial charge in [0, 0.05) is 16.4 Å². The lowest BCUT2D eigenvalue weighted by Crippen LogP contribution is -2.18. The standard InChI is InChI=1S/C15H15ClN2O2/c16-12-2-1-3-14(8-12)18-15(19)10-20-9-11-4-6-13(17)7-5-11/h1-8H,9-10,17H2,(H,18,19). The van der Waals surface area contributed by atoms with E-state index >= 15 is 0 Å². The molecule has 20 heavy (non-hydrogen) atoms. The van der Waals surface area contributed by atoms with Crippen LogP contribution in [-0.2, 0) is 16.1 Å². The lowest BCUT2D eigenvalue weighted by atomic mass is 10.2. The summed E-state index contributed by atoms with van der Waals surface area (Å²) in [6.45, 7) is 0.347. The van der Waals surface area contributed by atoms with Gasteiger partial charge in [0.15, 0.2) is 0 Å². The van der Waals surface area contributed by atoms with Crippen LogP contribution >= 0.6 is 11.6 Å². The zero-order valence-electron chi connectivity index (χ0n) is 10.8. The summed E-state index contributed by atoms with van der Waals surface area (Å²) in [5.41, 5.74) is 7.91. The molecule has 0 atom stereocenters. The lowest BCUT2D eigenvalue weighted by Gasteiger charge is -2.07. The molecule has 0 unspecified atom stereocenters. The van der Waals surface area contributed by atoms with Gasteiger partial charge in [-0.1, -0.05) is 29.8 Å². The summed E-state index contributed by atoms with van der Waals surface area (Å²) in [6.07, 6.45) is 0. The summed E-state index contributed by atoms with van der Waals surface area (Å²) in [5, 5.41) is 3.28. The number of nitrogen functional groups attached to an aromatic ring is 1. The first-order chi connectivity index (χ1) is 9.63. The van der Waals surface area contributed by atoms with Gasteiger partial charge in [0.2, 0.25) is 5.91 Å². The number of rotatable bonds is 5. The third kappa shape index (κ3) is 4.57. The van der Waals surface area contributed by atoms with Crippen LogP contribution < -0.4 is 11.1 Å². The van der Waals surface area contributed by atoms with E-state index in [1.807, 2.05) is 12.1 Å². The number of nitrogens with two attached hydrogens (primary N) is 1. The van der Waals surface area contributed by atoms with Crippen LogP contribution in [0.2, 0.25) is 5.02 Å². The van der Waals surface area contributed by atoms with Gasteiger partial charge in [0.1, 0.15) is 6.61 Å². The maximum atomic E-state index is 11.7. The molecule has 0 saturated carbocycles. The SMILES string of the molecule is Nc1ccc(COCC(=O)Nc2cccc(Cl)c2)cc1. The van der Waals surface area contributed by atoms with Crippen LogP contribution in [0.1, 0.15) is 5.56 Å². The minimum absolute atomic E-state index is 0.0170. The average molecular weight is 291 g/mol. The van der Waals surface area contributed by atoms with E-state index < -0.39 is 0 Å². The van der Waals surface area contributed by atoms with Crippen molar-refractivity contribution in [3.63, 3.8) is 0 Å². The van der Waals surface area contributed by atoms with Crippen LogP contribution in [0.3, 0.4) is 0 Å². The first-order valence-electron chi connectivity index (χ1n) is 6.11. The topological polar surface area (TPSA) is 64.3 Å². The van der Waals surface area contributed by atoms with Crippen molar-refractivity contribution in [2.75, 3.05) is 17.7 Å². The minimum atomic E-state index is -0.220. The molecule has 0 heterocycles. The van der Waals surface area contributed by atoms with Crippen molar-refractivity contribution >= 4 is 28.9 Å². The summed E-state index contributed by atoms with van der Waals surface area (Å²) in [4.78, 5) is 11.7. The number of hydrogen-bond donors (Lipinski definition) is 2. The van der Waals surface area contributed by atoms with E-state index in [-0.39, 0.29) is 12.5 Å². The van der Waals surface area contributed by atoms with E-state index in [4.69, 9.17) is 22.1 Å². The molecule has 0 spiro atoms. The average Bonchev–Trinajstić information content (AvgIpc) is 2.41. The third-order valence-corrected chi connectivity index (χ3v) is 2.83. The van der Waals surface area contributed by atoms with Crippen LogP contribution in [-0.4, -0.2) is 12.5 Å². The number of carbonyl (C=O) groups is 1. The molecule has 0 aliphatic carbocycles. The Kier molecular flexibility index (Phi) is 4.98. The highest BCUT2D eigenvalue weighted by Crippen LogP contribution is 2.14. The first kappa shape index (κ1) is 14.4. The van der Waals surface area contributed by atoms with Crippen LogP contribution in [0.5, 0.6) is 0 Å². The Labute approximate surface area is 122 Å². The van der Waals surface area contributed by atoms with Gasteiger partial charge in [-0.05, 0) is 35.9 Å². The van der Waals surface area contributed by atoms with Crippen molar-refractivity contribution in [3.05, 3.63) is 59.1 Å². The normalized spacial score (nSPS) is 10.2. The maximum absolute atomic E-state index is 11.7. The summed E-state index contributed by atoms with van der Waals surface area (Å²) in [6, 6.07) is 14.3. The quantitative estimate of drug-likeness (QED) is 0.832. The molecule has 104 valence electrons. The molecule has 0 aliphatic heterocycles. The molecule has 0 aliphatic rings. The van der Waals surface area contributed by atoms with Crippen molar-refractivity contribution in [2.24, 2.45) is 0 Å². The van der Waals surface area contributed by atoms with Gasteiger partial charge < -0.3 is 15.8 Å². The van der Waals surface area contributed by atoms with Gasteiger partial charge in [-0.2, -0.15) is 0 Å². The number of amides is 1. The Morgan fingerprint density at radius 1 is 1.20 bits per heavy atom. The molecule has 2 aromatic rings. The number of carbonyl (C=O) groups excluding carboxylic acids is 1. The molecule has 5 heteroatoms. The smallest absolute Gasteiger partial charge is 0.250 e. The van der Waals surface area contributed by atoms with Crippen LogP contribution in [0, 0.1) is 0 Å². The molecule has 2 rings (SSSR count). The van der Waals surface area contributed by atoms with E-state index in [0.29, 0.717) is 23.0 Å². The largest absolute Gasteiger partial charge is 0.399 e. The monoisotopic (exact) mass is 290 g/mol. The molecule has 0 bridgehead atoms. The molecule has 0 fully saturated rings. The predicted molar refractivity (Wildman–Crippen MR) is 80.6 cm³/mol. The van der Waals surface area contributed by atoms with Gasteiger partial charge in [-0.25, -0.2) is 0 Å². The van der Waals surface area contributed by atoms with Crippen LogP contribution in [0.15, 0.2) is 48.5 Å². The molecule has 0 aromatic heterocycles. The number of hydrogen-bond acceptors (Lipinski definition) is 3. The summed E-state index contributed by atoms with van der Waals surface area (Å²) in [7, 11) is 0. The van der Waals surface area contributed by atoms with Crippen molar-refractivity contribution in [2.45, 2.75) is 6.61 Å².